The van der Waals surface area contributed by atoms with Gasteiger partial charge in [-0.25, -0.2) is 4.98 Å². The molecule has 3 nitrogen and oxygen atoms in total. The monoisotopic (exact) mass is 280 g/mol. The van der Waals surface area contributed by atoms with Crippen molar-refractivity contribution in [2.45, 2.75) is 0 Å². The number of hydrogen-bond acceptors (Lipinski definition) is 2. The maximum absolute atomic E-state index is 12.0. The van der Waals surface area contributed by atoms with E-state index in [9.17, 15) is 4.79 Å². The second-order valence-electron chi connectivity index (χ2n) is 3.71. The lowest BCUT2D eigenvalue weighted by Crippen LogP contribution is -2.24. The first kappa shape index (κ1) is 12.9. The molecule has 1 heterocycles. The second kappa shape index (κ2) is 5.38. The summed E-state index contributed by atoms with van der Waals surface area (Å²) in [5, 5.41) is 4.91. The van der Waals surface area contributed by atoms with Crippen molar-refractivity contribution in [3.05, 3.63) is 52.8 Å². The van der Waals surface area contributed by atoms with Crippen molar-refractivity contribution in [3.63, 3.8) is 0 Å². The van der Waals surface area contributed by atoms with E-state index in [1.807, 2.05) is 24.3 Å². The lowest BCUT2D eigenvalue weighted by molar-refractivity contribution is 0.0959. The number of carbonyl (C=O) groups is 1. The lowest BCUT2D eigenvalue weighted by atomic mass is 10.1. The van der Waals surface area contributed by atoms with Gasteiger partial charge in [-0.05, 0) is 5.39 Å². The first-order valence-electron chi connectivity index (χ1n) is 5.24. The fourth-order valence-electron chi connectivity index (χ4n) is 1.61. The van der Waals surface area contributed by atoms with Crippen molar-refractivity contribution < 1.29 is 4.79 Å². The molecule has 1 N–H and O–H groups in total. The summed E-state index contributed by atoms with van der Waals surface area (Å²) in [4.78, 5) is 16.0. The molecule has 0 bridgehead atoms. The van der Waals surface area contributed by atoms with Crippen LogP contribution >= 0.6 is 23.2 Å². The number of halogens is 2. The van der Waals surface area contributed by atoms with Gasteiger partial charge in [0.15, 0.2) is 0 Å². The van der Waals surface area contributed by atoms with Crippen LogP contribution in [-0.4, -0.2) is 17.4 Å². The Kier molecular flexibility index (Phi) is 3.84. The minimum atomic E-state index is -0.253. The molecule has 2 aromatic rings. The Hall–Kier alpha value is -1.58. The Labute approximate surface area is 114 Å². The summed E-state index contributed by atoms with van der Waals surface area (Å²) < 4.78 is 0. The normalized spacial score (nSPS) is 10.3. The van der Waals surface area contributed by atoms with E-state index in [1.165, 1.54) is 6.20 Å². The quantitative estimate of drug-likeness (QED) is 0.876. The van der Waals surface area contributed by atoms with Crippen LogP contribution in [0.15, 0.2) is 42.1 Å². The average molecular weight is 281 g/mol. The van der Waals surface area contributed by atoms with Gasteiger partial charge in [0.05, 0.1) is 12.1 Å². The van der Waals surface area contributed by atoms with Gasteiger partial charge in [-0.3, -0.25) is 4.79 Å². The van der Waals surface area contributed by atoms with Gasteiger partial charge < -0.3 is 5.32 Å². The summed E-state index contributed by atoms with van der Waals surface area (Å²) in [6.45, 7) is 3.73. The maximum atomic E-state index is 12.0. The summed E-state index contributed by atoms with van der Waals surface area (Å²) in [5.41, 5.74) is 0.466. The number of rotatable bonds is 3. The summed E-state index contributed by atoms with van der Waals surface area (Å²) in [6, 6.07) is 7.34. The minimum absolute atomic E-state index is 0.220. The van der Waals surface area contributed by atoms with Crippen LogP contribution in [0.1, 0.15) is 10.4 Å². The minimum Gasteiger partial charge on any atom is -0.347 e. The third-order valence-corrected chi connectivity index (χ3v) is 2.87. The fourth-order valence-corrected chi connectivity index (χ4v) is 1.89. The maximum Gasteiger partial charge on any atom is 0.253 e. The number of fused-ring (bicyclic) bond motifs is 1. The van der Waals surface area contributed by atoms with E-state index in [0.29, 0.717) is 15.7 Å². The number of hydrogen-bond donors (Lipinski definition) is 1. The van der Waals surface area contributed by atoms with E-state index in [0.717, 1.165) is 10.8 Å². The Morgan fingerprint density at radius 2 is 2.00 bits per heavy atom. The number of amides is 1. The summed E-state index contributed by atoms with van der Waals surface area (Å²) in [7, 11) is 0. The van der Waals surface area contributed by atoms with Crippen LogP contribution in [-0.2, 0) is 0 Å². The van der Waals surface area contributed by atoms with Crippen LogP contribution in [0, 0.1) is 0 Å². The van der Waals surface area contributed by atoms with Crippen molar-refractivity contribution in [2.24, 2.45) is 0 Å². The van der Waals surface area contributed by atoms with Crippen molar-refractivity contribution in [2.75, 3.05) is 6.54 Å². The van der Waals surface area contributed by atoms with Crippen LogP contribution in [0.2, 0.25) is 5.15 Å². The summed E-state index contributed by atoms with van der Waals surface area (Å²) in [5.74, 6) is -0.253. The summed E-state index contributed by atoms with van der Waals surface area (Å²) in [6.07, 6.45) is 1.46. The van der Waals surface area contributed by atoms with Gasteiger partial charge in [-0.1, -0.05) is 54.0 Å². The summed E-state index contributed by atoms with van der Waals surface area (Å²) >= 11 is 11.6. The molecular weight excluding hydrogens is 271 g/mol. The lowest BCUT2D eigenvalue weighted by Gasteiger charge is -2.07. The Morgan fingerprint density at radius 1 is 1.33 bits per heavy atom. The zero-order chi connectivity index (χ0) is 13.1. The molecule has 92 valence electrons. The van der Waals surface area contributed by atoms with Crippen molar-refractivity contribution >= 4 is 39.9 Å². The van der Waals surface area contributed by atoms with Gasteiger partial charge in [-0.2, -0.15) is 0 Å². The highest BCUT2D eigenvalue weighted by atomic mass is 35.5. The van der Waals surface area contributed by atoms with Crippen molar-refractivity contribution in [1.82, 2.24) is 10.3 Å². The highest BCUT2D eigenvalue weighted by molar-refractivity contribution is 6.34. The molecule has 1 amide bonds. The molecule has 0 aliphatic carbocycles. The van der Waals surface area contributed by atoms with E-state index in [1.54, 1.807) is 0 Å². The van der Waals surface area contributed by atoms with Crippen LogP contribution < -0.4 is 5.32 Å². The third kappa shape index (κ3) is 2.63. The van der Waals surface area contributed by atoms with Gasteiger partial charge in [-0.15, -0.1) is 0 Å². The smallest absolute Gasteiger partial charge is 0.253 e. The number of aromatic nitrogens is 1. The largest absolute Gasteiger partial charge is 0.347 e. The first-order chi connectivity index (χ1) is 8.59. The number of pyridine rings is 1. The van der Waals surface area contributed by atoms with Gasteiger partial charge >= 0.3 is 0 Å². The molecule has 0 aliphatic heterocycles. The van der Waals surface area contributed by atoms with Crippen LogP contribution in [0.5, 0.6) is 0 Å². The molecule has 0 unspecified atom stereocenters. The molecule has 5 heteroatoms. The van der Waals surface area contributed by atoms with E-state index >= 15 is 0 Å². The molecule has 0 fully saturated rings. The zero-order valence-electron chi connectivity index (χ0n) is 9.41. The van der Waals surface area contributed by atoms with E-state index in [2.05, 4.69) is 16.9 Å². The predicted octanol–water partition coefficient (Wildman–Crippen LogP) is 3.37. The molecular formula is C13H10Cl2N2O. The topological polar surface area (TPSA) is 42.0 Å². The molecule has 0 radical (unpaired) electrons. The number of nitrogens with zero attached hydrogens (tertiary/aromatic N) is 1. The number of benzene rings is 1. The van der Waals surface area contributed by atoms with Gasteiger partial charge in [0, 0.05) is 16.6 Å². The molecule has 1 aromatic heterocycles. The molecule has 18 heavy (non-hydrogen) atoms. The van der Waals surface area contributed by atoms with Crippen LogP contribution in [0.3, 0.4) is 0 Å². The fraction of sp³-hybridized carbons (Fsp3) is 0.0769. The highest BCUT2D eigenvalue weighted by Gasteiger charge is 2.12. The van der Waals surface area contributed by atoms with Crippen molar-refractivity contribution in [3.8, 4) is 0 Å². The zero-order valence-corrected chi connectivity index (χ0v) is 10.9. The molecule has 0 aliphatic rings. The van der Waals surface area contributed by atoms with E-state index in [4.69, 9.17) is 23.2 Å². The Morgan fingerprint density at radius 3 is 2.67 bits per heavy atom. The molecule has 2 rings (SSSR count). The Balaban J connectivity index is 2.42. The van der Waals surface area contributed by atoms with E-state index < -0.39 is 0 Å². The third-order valence-electron chi connectivity index (χ3n) is 2.43. The standard InChI is InChI=1S/C13H10Cl2N2O/c1-8(14)6-17-13(18)11-7-16-12(15)10-5-3-2-4-9(10)11/h2-5,7H,1,6H2,(H,17,18). The van der Waals surface area contributed by atoms with Crippen LogP contribution in [0.4, 0.5) is 0 Å². The molecule has 0 spiro atoms. The predicted molar refractivity (Wildman–Crippen MR) is 74.1 cm³/mol. The van der Waals surface area contributed by atoms with Gasteiger partial charge in [0.2, 0.25) is 0 Å². The molecule has 0 saturated carbocycles. The second-order valence-corrected chi connectivity index (χ2v) is 4.60. The first-order valence-corrected chi connectivity index (χ1v) is 6.00. The highest BCUT2D eigenvalue weighted by Crippen LogP contribution is 2.24. The molecule has 1 aromatic carbocycles. The Bertz CT molecular complexity index is 625. The van der Waals surface area contributed by atoms with E-state index in [-0.39, 0.29) is 12.5 Å². The number of carbonyl (C=O) groups excluding carboxylic acids is 1. The molecule has 0 saturated heterocycles. The van der Waals surface area contributed by atoms with Crippen molar-refractivity contribution in [1.29, 1.82) is 0 Å². The SMILES string of the molecule is C=C(Cl)CNC(=O)c1cnc(Cl)c2ccccc12. The average Bonchev–Trinajstić information content (AvgIpc) is 2.37. The van der Waals surface area contributed by atoms with Crippen LogP contribution in [0.25, 0.3) is 10.8 Å². The molecule has 0 atom stereocenters. The van der Waals surface area contributed by atoms with Gasteiger partial charge in [0.25, 0.3) is 5.91 Å². The number of nitrogens with one attached hydrogen (secondary N) is 1. The van der Waals surface area contributed by atoms with Gasteiger partial charge in [0.1, 0.15) is 5.15 Å².